The van der Waals surface area contributed by atoms with Crippen LogP contribution in [-0.4, -0.2) is 16.9 Å². The Morgan fingerprint density at radius 3 is 2.52 bits per heavy atom. The van der Waals surface area contributed by atoms with Crippen LogP contribution in [0.15, 0.2) is 30.3 Å². The van der Waals surface area contributed by atoms with Crippen molar-refractivity contribution in [2.24, 2.45) is 0 Å². The van der Waals surface area contributed by atoms with E-state index in [9.17, 15) is 13.6 Å². The topological polar surface area (TPSA) is 55.8 Å². The molecule has 1 atom stereocenters. The standard InChI is InChI=1S/C23H24F2O4/c1-14(6-4-9-20(26)27)21-17(24)12-15(13-18(21)25)16-7-5-8-19-22(16)29-23(28-19)10-2-3-11-23/h5,7-8,12-14H,2-4,6,9-11H2,1H3,(H,26,27). The SMILES string of the molecule is CC(CCCC(=O)O)c1c(F)cc(-c2cccc3c2OC2(CCCC2)O3)cc1F. The largest absolute Gasteiger partial charge is 0.481 e. The van der Waals surface area contributed by atoms with Crippen molar-refractivity contribution in [2.45, 2.75) is 63.6 Å². The Kier molecular flexibility index (Phi) is 5.19. The van der Waals surface area contributed by atoms with E-state index in [2.05, 4.69) is 0 Å². The second kappa shape index (κ2) is 7.65. The maximum Gasteiger partial charge on any atom is 0.303 e. The Morgan fingerprint density at radius 1 is 1.17 bits per heavy atom. The average molecular weight is 402 g/mol. The van der Waals surface area contributed by atoms with E-state index in [0.717, 1.165) is 25.7 Å². The van der Waals surface area contributed by atoms with E-state index >= 15 is 0 Å². The number of fused-ring (bicyclic) bond motifs is 1. The van der Waals surface area contributed by atoms with Gasteiger partial charge in [0.1, 0.15) is 11.6 Å². The van der Waals surface area contributed by atoms with Crippen LogP contribution >= 0.6 is 0 Å². The Balaban J connectivity index is 1.62. The minimum Gasteiger partial charge on any atom is -0.481 e. The van der Waals surface area contributed by atoms with Gasteiger partial charge in [0.15, 0.2) is 11.5 Å². The van der Waals surface area contributed by atoms with Crippen LogP contribution < -0.4 is 9.47 Å². The van der Waals surface area contributed by atoms with Gasteiger partial charge in [-0.25, -0.2) is 8.78 Å². The zero-order valence-electron chi connectivity index (χ0n) is 16.3. The third-order valence-corrected chi connectivity index (χ3v) is 5.84. The van der Waals surface area contributed by atoms with Crippen LogP contribution in [0, 0.1) is 11.6 Å². The third-order valence-electron chi connectivity index (χ3n) is 5.84. The second-order valence-electron chi connectivity index (χ2n) is 8.00. The number of carbonyl (C=O) groups is 1. The lowest BCUT2D eigenvalue weighted by molar-refractivity contribution is -0.137. The molecule has 0 bridgehead atoms. The minimum absolute atomic E-state index is 0.00357. The molecule has 0 saturated heterocycles. The highest BCUT2D eigenvalue weighted by atomic mass is 19.1. The van der Waals surface area contributed by atoms with Crippen LogP contribution in [0.2, 0.25) is 0 Å². The summed E-state index contributed by atoms with van der Waals surface area (Å²) >= 11 is 0. The fourth-order valence-electron chi connectivity index (χ4n) is 4.37. The summed E-state index contributed by atoms with van der Waals surface area (Å²) in [4.78, 5) is 10.7. The van der Waals surface area contributed by atoms with Crippen LogP contribution in [0.3, 0.4) is 0 Å². The van der Waals surface area contributed by atoms with Crippen molar-refractivity contribution in [3.8, 4) is 22.6 Å². The smallest absolute Gasteiger partial charge is 0.303 e. The van der Waals surface area contributed by atoms with E-state index < -0.39 is 29.3 Å². The molecular formula is C23H24F2O4. The molecule has 2 aromatic carbocycles. The van der Waals surface area contributed by atoms with Crippen molar-refractivity contribution in [1.82, 2.24) is 0 Å². The number of rotatable bonds is 6. The van der Waals surface area contributed by atoms with Crippen molar-refractivity contribution in [3.05, 3.63) is 47.5 Å². The van der Waals surface area contributed by atoms with Crippen LogP contribution in [0.5, 0.6) is 11.5 Å². The number of hydrogen-bond donors (Lipinski definition) is 1. The highest BCUT2D eigenvalue weighted by Crippen LogP contribution is 2.51. The van der Waals surface area contributed by atoms with Gasteiger partial charge in [0.2, 0.25) is 0 Å². The number of halogens is 2. The van der Waals surface area contributed by atoms with Crippen LogP contribution in [-0.2, 0) is 4.79 Å². The number of carboxylic acid groups (broad SMARTS) is 1. The van der Waals surface area contributed by atoms with Crippen molar-refractivity contribution in [3.63, 3.8) is 0 Å². The fraction of sp³-hybridized carbons (Fsp3) is 0.435. The first kappa shape index (κ1) is 19.7. The van der Waals surface area contributed by atoms with Gasteiger partial charge in [-0.2, -0.15) is 0 Å². The number of aliphatic carboxylic acids is 1. The predicted octanol–water partition coefficient (Wildman–Crippen LogP) is 6.03. The highest BCUT2D eigenvalue weighted by molar-refractivity contribution is 5.75. The fourth-order valence-corrected chi connectivity index (χ4v) is 4.37. The second-order valence-corrected chi connectivity index (χ2v) is 8.00. The molecule has 0 amide bonds. The number of benzene rings is 2. The molecule has 6 heteroatoms. The number of hydrogen-bond acceptors (Lipinski definition) is 3. The molecule has 1 heterocycles. The predicted molar refractivity (Wildman–Crippen MR) is 104 cm³/mol. The van der Waals surface area contributed by atoms with Gasteiger partial charge in [-0.1, -0.05) is 19.1 Å². The van der Waals surface area contributed by atoms with Crippen molar-refractivity contribution >= 4 is 5.97 Å². The minimum atomic E-state index is -0.909. The molecule has 2 aromatic rings. The van der Waals surface area contributed by atoms with Crippen molar-refractivity contribution < 1.29 is 28.2 Å². The van der Waals surface area contributed by atoms with Crippen LogP contribution in [0.25, 0.3) is 11.1 Å². The lowest BCUT2D eigenvalue weighted by Gasteiger charge is -2.21. The molecule has 1 fully saturated rings. The summed E-state index contributed by atoms with van der Waals surface area (Å²) < 4.78 is 41.9. The molecule has 1 saturated carbocycles. The summed E-state index contributed by atoms with van der Waals surface area (Å²) in [6.07, 6.45) is 4.42. The van der Waals surface area contributed by atoms with Gasteiger partial charge in [-0.15, -0.1) is 0 Å². The maximum atomic E-state index is 14.9. The quantitative estimate of drug-likeness (QED) is 0.641. The van der Waals surface area contributed by atoms with E-state index in [4.69, 9.17) is 14.6 Å². The first-order valence-electron chi connectivity index (χ1n) is 10.1. The van der Waals surface area contributed by atoms with Gasteiger partial charge in [0.25, 0.3) is 5.79 Å². The van der Waals surface area contributed by atoms with Gasteiger partial charge in [0.05, 0.1) is 0 Å². The molecule has 0 radical (unpaired) electrons. The number of para-hydroxylation sites is 1. The number of ether oxygens (including phenoxy) is 2. The molecule has 29 heavy (non-hydrogen) atoms. The zero-order valence-corrected chi connectivity index (χ0v) is 16.3. The van der Waals surface area contributed by atoms with E-state index in [1.807, 2.05) is 6.07 Å². The van der Waals surface area contributed by atoms with Gasteiger partial charge in [0, 0.05) is 30.4 Å². The van der Waals surface area contributed by atoms with Gasteiger partial charge in [-0.3, -0.25) is 4.79 Å². The lowest BCUT2D eigenvalue weighted by atomic mass is 9.92. The summed E-state index contributed by atoms with van der Waals surface area (Å²) in [6, 6.07) is 8.04. The van der Waals surface area contributed by atoms with Crippen LogP contribution in [0.4, 0.5) is 8.78 Å². The Labute approximate surface area is 168 Å². The zero-order chi connectivity index (χ0) is 20.6. The molecule has 2 aliphatic rings. The molecule has 1 aliphatic carbocycles. The monoisotopic (exact) mass is 402 g/mol. The highest BCUT2D eigenvalue weighted by Gasteiger charge is 2.45. The molecule has 154 valence electrons. The van der Waals surface area contributed by atoms with E-state index in [1.54, 1.807) is 19.1 Å². The number of carboxylic acids is 1. The molecule has 1 N–H and O–H groups in total. The molecule has 4 nitrogen and oxygen atoms in total. The normalized spacial score (nSPS) is 17.6. The average Bonchev–Trinajstić information content (AvgIpc) is 3.26. The van der Waals surface area contributed by atoms with E-state index in [1.165, 1.54) is 12.1 Å². The molecular weight excluding hydrogens is 378 g/mol. The Hall–Kier alpha value is -2.63. The maximum absolute atomic E-state index is 14.9. The molecule has 0 aromatic heterocycles. The summed E-state index contributed by atoms with van der Waals surface area (Å²) in [6.45, 7) is 1.71. The third kappa shape index (κ3) is 3.80. The van der Waals surface area contributed by atoms with Gasteiger partial charge >= 0.3 is 5.97 Å². The Bertz CT molecular complexity index is 911. The first-order valence-corrected chi connectivity index (χ1v) is 10.1. The van der Waals surface area contributed by atoms with E-state index in [-0.39, 0.29) is 12.0 Å². The molecule has 1 unspecified atom stereocenters. The van der Waals surface area contributed by atoms with E-state index in [0.29, 0.717) is 35.5 Å². The Morgan fingerprint density at radius 2 is 1.86 bits per heavy atom. The van der Waals surface area contributed by atoms with Crippen molar-refractivity contribution in [1.29, 1.82) is 0 Å². The summed E-state index contributed by atoms with van der Waals surface area (Å²) in [7, 11) is 0. The molecule has 1 spiro atoms. The summed E-state index contributed by atoms with van der Waals surface area (Å²) in [5.74, 6) is -2.08. The van der Waals surface area contributed by atoms with Gasteiger partial charge in [-0.05, 0) is 55.4 Å². The molecule has 1 aliphatic heterocycles. The summed E-state index contributed by atoms with van der Waals surface area (Å²) in [5.41, 5.74) is 1.00. The lowest BCUT2D eigenvalue weighted by Crippen LogP contribution is -2.34. The molecule has 4 rings (SSSR count). The van der Waals surface area contributed by atoms with Crippen molar-refractivity contribution in [2.75, 3.05) is 0 Å². The van der Waals surface area contributed by atoms with Crippen LogP contribution in [0.1, 0.15) is 63.4 Å². The first-order chi connectivity index (χ1) is 13.9. The summed E-state index contributed by atoms with van der Waals surface area (Å²) in [5, 5.41) is 8.75. The van der Waals surface area contributed by atoms with Gasteiger partial charge < -0.3 is 14.6 Å².